The lowest BCUT2D eigenvalue weighted by Gasteiger charge is -2.30. The zero-order chi connectivity index (χ0) is 22.6. The van der Waals surface area contributed by atoms with E-state index in [9.17, 15) is 9.59 Å². The number of esters is 1. The molecule has 172 valence electrons. The van der Waals surface area contributed by atoms with E-state index in [-0.39, 0.29) is 24.1 Å². The first-order valence-corrected chi connectivity index (χ1v) is 11.9. The van der Waals surface area contributed by atoms with Crippen LogP contribution in [-0.2, 0) is 16.1 Å². The predicted molar refractivity (Wildman–Crippen MR) is 125 cm³/mol. The minimum absolute atomic E-state index is 0.199. The van der Waals surface area contributed by atoms with Crippen LogP contribution in [0.15, 0.2) is 60.7 Å². The molecule has 0 bridgehead atoms. The Morgan fingerprint density at radius 1 is 0.844 bits per heavy atom. The maximum absolute atomic E-state index is 13.0. The van der Waals surface area contributed by atoms with Crippen molar-refractivity contribution < 1.29 is 19.1 Å². The summed E-state index contributed by atoms with van der Waals surface area (Å²) in [6.45, 7) is 2.89. The van der Waals surface area contributed by atoms with Crippen molar-refractivity contribution in [2.24, 2.45) is 0 Å². The van der Waals surface area contributed by atoms with Gasteiger partial charge in [-0.05, 0) is 56.2 Å². The van der Waals surface area contributed by atoms with Gasteiger partial charge in [-0.2, -0.15) is 0 Å². The number of ether oxygens (including phenoxy) is 2. The Kier molecular flexibility index (Phi) is 9.60. The molecule has 5 nitrogen and oxygen atoms in total. The van der Waals surface area contributed by atoms with E-state index < -0.39 is 0 Å². The molecule has 3 rings (SSSR count). The van der Waals surface area contributed by atoms with Gasteiger partial charge in [0.05, 0.1) is 12.2 Å². The van der Waals surface area contributed by atoms with Gasteiger partial charge in [0.25, 0.3) is 0 Å². The fraction of sp³-hybridized carbons (Fsp3) is 0.481. The van der Waals surface area contributed by atoms with E-state index in [0.717, 1.165) is 56.9 Å². The smallest absolute Gasteiger partial charge is 0.410 e. The van der Waals surface area contributed by atoms with Crippen molar-refractivity contribution >= 4 is 12.1 Å². The van der Waals surface area contributed by atoms with Gasteiger partial charge >= 0.3 is 12.1 Å². The second-order valence-corrected chi connectivity index (χ2v) is 8.47. The van der Waals surface area contributed by atoms with E-state index >= 15 is 0 Å². The largest absolute Gasteiger partial charge is 0.462 e. The van der Waals surface area contributed by atoms with Crippen molar-refractivity contribution in [3.05, 3.63) is 71.8 Å². The minimum Gasteiger partial charge on any atom is -0.462 e. The third-order valence-electron chi connectivity index (χ3n) is 6.10. The molecule has 32 heavy (non-hydrogen) atoms. The fourth-order valence-electron chi connectivity index (χ4n) is 4.36. The van der Waals surface area contributed by atoms with Crippen molar-refractivity contribution in [1.82, 2.24) is 4.90 Å². The van der Waals surface area contributed by atoms with E-state index in [4.69, 9.17) is 9.47 Å². The molecule has 1 heterocycles. The molecule has 0 spiro atoms. The number of hydrogen-bond acceptors (Lipinski definition) is 4. The van der Waals surface area contributed by atoms with Gasteiger partial charge in [-0.15, -0.1) is 0 Å². The lowest BCUT2D eigenvalue weighted by Crippen LogP contribution is -2.41. The fourth-order valence-corrected chi connectivity index (χ4v) is 4.36. The number of unbranched alkanes of at least 4 members (excludes halogenated alkanes) is 2. The maximum Gasteiger partial charge on any atom is 0.410 e. The molecule has 1 aliphatic rings. The van der Waals surface area contributed by atoms with Crippen molar-refractivity contribution in [3.63, 3.8) is 0 Å². The topological polar surface area (TPSA) is 55.8 Å². The van der Waals surface area contributed by atoms with Gasteiger partial charge in [0.2, 0.25) is 0 Å². The van der Waals surface area contributed by atoms with Crippen LogP contribution in [0.25, 0.3) is 0 Å². The SMILES string of the molecule is CCCC[C@H]1CC[C@H](CCCCOC(=O)c2ccccc2)N1C(=O)OCc1ccccc1. The summed E-state index contributed by atoms with van der Waals surface area (Å²) in [7, 11) is 0. The summed E-state index contributed by atoms with van der Waals surface area (Å²) >= 11 is 0. The Balaban J connectivity index is 1.46. The van der Waals surface area contributed by atoms with Gasteiger partial charge < -0.3 is 14.4 Å². The normalized spacial score (nSPS) is 17.8. The second kappa shape index (κ2) is 12.9. The molecule has 0 saturated carbocycles. The number of carbonyl (C=O) groups excluding carboxylic acids is 2. The number of hydrogen-bond donors (Lipinski definition) is 0. The molecule has 1 saturated heterocycles. The number of carbonyl (C=O) groups is 2. The van der Waals surface area contributed by atoms with Crippen LogP contribution in [-0.4, -0.2) is 35.7 Å². The number of amides is 1. The third-order valence-corrected chi connectivity index (χ3v) is 6.10. The first-order valence-electron chi connectivity index (χ1n) is 11.9. The molecule has 0 unspecified atom stereocenters. The number of likely N-dealkylation sites (tertiary alicyclic amines) is 1. The second-order valence-electron chi connectivity index (χ2n) is 8.47. The number of rotatable bonds is 11. The first-order chi connectivity index (χ1) is 15.7. The molecule has 1 amide bonds. The van der Waals surface area contributed by atoms with Crippen LogP contribution in [0.2, 0.25) is 0 Å². The summed E-state index contributed by atoms with van der Waals surface area (Å²) in [5, 5.41) is 0. The molecule has 2 aromatic rings. The van der Waals surface area contributed by atoms with Crippen LogP contribution in [0.4, 0.5) is 4.79 Å². The van der Waals surface area contributed by atoms with Gasteiger partial charge in [-0.25, -0.2) is 9.59 Å². The molecule has 0 aliphatic carbocycles. The van der Waals surface area contributed by atoms with Crippen LogP contribution in [0.3, 0.4) is 0 Å². The van der Waals surface area contributed by atoms with E-state index in [1.807, 2.05) is 53.4 Å². The highest BCUT2D eigenvalue weighted by atomic mass is 16.6. The summed E-state index contributed by atoms with van der Waals surface area (Å²) in [6.07, 6.45) is 7.74. The first kappa shape index (κ1) is 23.8. The predicted octanol–water partition coefficient (Wildman–Crippen LogP) is 6.37. The highest BCUT2D eigenvalue weighted by Gasteiger charge is 2.37. The zero-order valence-corrected chi connectivity index (χ0v) is 19.1. The van der Waals surface area contributed by atoms with Gasteiger partial charge in [0, 0.05) is 12.1 Å². The molecule has 0 N–H and O–H groups in total. The Morgan fingerprint density at radius 3 is 2.12 bits per heavy atom. The molecule has 0 radical (unpaired) electrons. The average molecular weight is 438 g/mol. The number of benzene rings is 2. The van der Waals surface area contributed by atoms with Crippen LogP contribution in [0.1, 0.15) is 74.2 Å². The zero-order valence-electron chi connectivity index (χ0n) is 19.1. The third kappa shape index (κ3) is 7.11. The van der Waals surface area contributed by atoms with Gasteiger partial charge in [0.15, 0.2) is 0 Å². The van der Waals surface area contributed by atoms with Crippen LogP contribution in [0, 0.1) is 0 Å². The molecule has 2 aromatic carbocycles. The Bertz CT molecular complexity index is 824. The van der Waals surface area contributed by atoms with Crippen molar-refractivity contribution in [2.75, 3.05) is 6.61 Å². The quantitative estimate of drug-likeness (QED) is 0.303. The summed E-state index contributed by atoms with van der Waals surface area (Å²) in [6, 6.07) is 19.3. The van der Waals surface area contributed by atoms with Crippen molar-refractivity contribution in [2.45, 2.75) is 77.0 Å². The van der Waals surface area contributed by atoms with Crippen LogP contribution >= 0.6 is 0 Å². The van der Waals surface area contributed by atoms with Crippen LogP contribution in [0.5, 0.6) is 0 Å². The molecule has 1 aliphatic heterocycles. The van der Waals surface area contributed by atoms with Crippen molar-refractivity contribution in [3.8, 4) is 0 Å². The van der Waals surface area contributed by atoms with E-state index in [0.29, 0.717) is 18.8 Å². The summed E-state index contributed by atoms with van der Waals surface area (Å²) in [4.78, 5) is 27.0. The van der Waals surface area contributed by atoms with E-state index in [1.54, 1.807) is 12.1 Å². The number of nitrogens with zero attached hydrogens (tertiary/aromatic N) is 1. The van der Waals surface area contributed by atoms with Gasteiger partial charge in [-0.1, -0.05) is 68.3 Å². The van der Waals surface area contributed by atoms with Crippen LogP contribution < -0.4 is 0 Å². The molecule has 5 heteroatoms. The highest BCUT2D eigenvalue weighted by molar-refractivity contribution is 5.89. The Morgan fingerprint density at radius 2 is 1.47 bits per heavy atom. The molecule has 1 fully saturated rings. The molecular formula is C27H35NO4. The van der Waals surface area contributed by atoms with E-state index in [2.05, 4.69) is 6.92 Å². The van der Waals surface area contributed by atoms with E-state index in [1.165, 1.54) is 0 Å². The molecule has 0 aromatic heterocycles. The molecular weight excluding hydrogens is 402 g/mol. The monoisotopic (exact) mass is 437 g/mol. The van der Waals surface area contributed by atoms with Gasteiger partial charge in [0.1, 0.15) is 6.61 Å². The van der Waals surface area contributed by atoms with Crippen molar-refractivity contribution in [1.29, 1.82) is 0 Å². The van der Waals surface area contributed by atoms with Gasteiger partial charge in [-0.3, -0.25) is 0 Å². The summed E-state index contributed by atoms with van der Waals surface area (Å²) in [5.41, 5.74) is 1.58. The Labute approximate surface area is 191 Å². The minimum atomic E-state index is -0.280. The molecule has 2 atom stereocenters. The summed E-state index contributed by atoms with van der Waals surface area (Å²) < 4.78 is 11.1. The lowest BCUT2D eigenvalue weighted by molar-refractivity contribution is 0.0494. The Hall–Kier alpha value is -2.82. The highest BCUT2D eigenvalue weighted by Crippen LogP contribution is 2.31. The summed E-state index contributed by atoms with van der Waals surface area (Å²) in [5.74, 6) is -0.280. The lowest BCUT2D eigenvalue weighted by atomic mass is 10.1. The maximum atomic E-state index is 13.0. The average Bonchev–Trinajstić information content (AvgIpc) is 3.24. The standard InChI is InChI=1S/C27H35NO4/c1-2-3-16-24-18-19-25(28(24)27(30)32-21-22-12-6-4-7-13-22)17-10-11-20-31-26(29)23-14-8-5-9-15-23/h4-9,12-15,24-25H,2-3,10-11,16-21H2,1H3/t24-,25-/m0/s1.